The van der Waals surface area contributed by atoms with Gasteiger partial charge in [-0.1, -0.05) is 31.0 Å². The van der Waals surface area contributed by atoms with E-state index in [-0.39, 0.29) is 49.1 Å². The molecule has 0 aromatic heterocycles. The summed E-state index contributed by atoms with van der Waals surface area (Å²) < 4.78 is 66.9. The summed E-state index contributed by atoms with van der Waals surface area (Å²) in [6.45, 7) is 1.27. The molecule has 0 bridgehead atoms. The summed E-state index contributed by atoms with van der Waals surface area (Å²) in [5.74, 6) is -3.61. The van der Waals surface area contributed by atoms with E-state index in [0.29, 0.717) is 0 Å². The number of hydrogen-bond donors (Lipinski definition) is 1. The van der Waals surface area contributed by atoms with Crippen LogP contribution < -0.4 is 9.62 Å². The Kier molecular flexibility index (Phi) is 9.58. The molecule has 1 atom stereocenters. The third-order valence-corrected chi connectivity index (χ3v) is 7.70. The third kappa shape index (κ3) is 7.70. The van der Waals surface area contributed by atoms with Gasteiger partial charge in [0.15, 0.2) is 11.6 Å². The molecule has 2 aromatic carbocycles. The fraction of sp³-hybridized carbons (Fsp3) is 0.462. The Morgan fingerprint density at radius 1 is 1.03 bits per heavy atom. The van der Waals surface area contributed by atoms with E-state index in [9.17, 15) is 31.2 Å². The summed E-state index contributed by atoms with van der Waals surface area (Å²) >= 11 is 0. The minimum Gasteiger partial charge on any atom is -0.352 e. The summed E-state index contributed by atoms with van der Waals surface area (Å²) in [6.07, 6.45) is 4.59. The van der Waals surface area contributed by atoms with Gasteiger partial charge in [0.2, 0.25) is 21.8 Å². The number of carbonyl (C=O) groups is 2. The van der Waals surface area contributed by atoms with E-state index in [2.05, 4.69) is 5.32 Å². The van der Waals surface area contributed by atoms with E-state index >= 15 is 0 Å². The monoisotopic (exact) mass is 539 g/mol. The summed E-state index contributed by atoms with van der Waals surface area (Å²) in [5.41, 5.74) is 0.178. The van der Waals surface area contributed by atoms with E-state index in [1.807, 2.05) is 0 Å². The summed E-state index contributed by atoms with van der Waals surface area (Å²) in [5, 5.41) is 2.96. The maximum atomic E-state index is 14.4. The van der Waals surface area contributed by atoms with Crippen LogP contribution in [-0.4, -0.2) is 50.0 Å². The number of nitrogens with one attached hydrogen (secondary N) is 1. The number of benzene rings is 2. The Bertz CT molecular complexity index is 1220. The molecule has 0 saturated heterocycles. The van der Waals surface area contributed by atoms with Crippen LogP contribution in [0.25, 0.3) is 0 Å². The van der Waals surface area contributed by atoms with Gasteiger partial charge in [0.1, 0.15) is 11.9 Å². The Balaban J connectivity index is 1.73. The van der Waals surface area contributed by atoms with Crippen LogP contribution in [0.4, 0.5) is 18.9 Å². The Hall–Kier alpha value is -3.08. The zero-order chi connectivity index (χ0) is 27.2. The number of halogens is 3. The number of sulfonamides is 1. The second kappa shape index (κ2) is 12.4. The van der Waals surface area contributed by atoms with Gasteiger partial charge in [-0.2, -0.15) is 0 Å². The molecular weight excluding hydrogens is 507 g/mol. The molecule has 1 aliphatic rings. The molecule has 7 nitrogen and oxygen atoms in total. The first-order valence-electron chi connectivity index (χ1n) is 12.2. The van der Waals surface area contributed by atoms with Crippen molar-refractivity contribution < 1.29 is 31.2 Å². The van der Waals surface area contributed by atoms with Gasteiger partial charge < -0.3 is 10.2 Å². The first-order chi connectivity index (χ1) is 17.5. The topological polar surface area (TPSA) is 86.8 Å². The van der Waals surface area contributed by atoms with Crippen LogP contribution in [0.2, 0.25) is 0 Å². The Labute approximate surface area is 215 Å². The molecule has 202 valence electrons. The zero-order valence-corrected chi connectivity index (χ0v) is 21.7. The molecule has 2 amide bonds. The third-order valence-electron chi connectivity index (χ3n) is 6.51. The molecule has 0 unspecified atom stereocenters. The first-order valence-corrected chi connectivity index (χ1v) is 14.1. The van der Waals surface area contributed by atoms with Crippen LogP contribution in [-0.2, 0) is 26.2 Å². The smallest absolute Gasteiger partial charge is 0.242 e. The molecule has 0 aliphatic heterocycles. The highest BCUT2D eigenvalue weighted by atomic mass is 32.2. The van der Waals surface area contributed by atoms with Crippen LogP contribution in [0.3, 0.4) is 0 Å². The van der Waals surface area contributed by atoms with Crippen LogP contribution in [0.1, 0.15) is 51.0 Å². The predicted molar refractivity (Wildman–Crippen MR) is 135 cm³/mol. The molecule has 3 rings (SSSR count). The van der Waals surface area contributed by atoms with Gasteiger partial charge in [-0.3, -0.25) is 13.9 Å². The lowest BCUT2D eigenvalue weighted by Gasteiger charge is -2.30. The van der Waals surface area contributed by atoms with Gasteiger partial charge in [-0.15, -0.1) is 0 Å². The maximum absolute atomic E-state index is 14.4. The van der Waals surface area contributed by atoms with Crippen LogP contribution in [0.15, 0.2) is 42.5 Å². The molecule has 2 aromatic rings. The van der Waals surface area contributed by atoms with Crippen LogP contribution >= 0.6 is 0 Å². The van der Waals surface area contributed by atoms with Crippen molar-refractivity contribution in [2.75, 3.05) is 17.1 Å². The van der Waals surface area contributed by atoms with E-state index in [4.69, 9.17) is 0 Å². The average Bonchev–Trinajstić information content (AvgIpc) is 3.35. The molecule has 1 N–H and O–H groups in total. The van der Waals surface area contributed by atoms with Crippen LogP contribution in [0, 0.1) is 17.5 Å². The minimum absolute atomic E-state index is 0.0373. The standard InChI is InChI=1S/C26H32F3N3O4S/c1-18(26(34)30-20-9-4-5-10-20)31(17-19-8-3-6-11-22(19)27)25(33)12-7-15-32(37(2,35)36)21-13-14-23(28)24(29)16-21/h3,6,8,11,13-14,16,18,20H,4-5,7,9-10,12,15,17H2,1-2H3,(H,30,34)/t18-/m0/s1. The number of nitrogens with zero attached hydrogens (tertiary/aromatic N) is 2. The number of rotatable bonds is 11. The highest BCUT2D eigenvalue weighted by molar-refractivity contribution is 7.92. The van der Waals surface area contributed by atoms with E-state index in [1.54, 1.807) is 13.0 Å². The number of carbonyl (C=O) groups excluding carboxylic acids is 2. The van der Waals surface area contributed by atoms with Crippen molar-refractivity contribution in [3.63, 3.8) is 0 Å². The molecule has 1 saturated carbocycles. The molecule has 1 aliphatic carbocycles. The SMILES string of the molecule is C[C@@H](C(=O)NC1CCCC1)N(Cc1ccccc1F)C(=O)CCCN(c1ccc(F)c(F)c1)S(C)(=O)=O. The molecule has 0 radical (unpaired) electrons. The second-order valence-electron chi connectivity index (χ2n) is 9.32. The average molecular weight is 540 g/mol. The van der Waals surface area contributed by atoms with Crippen molar-refractivity contribution in [3.05, 3.63) is 65.5 Å². The fourth-order valence-electron chi connectivity index (χ4n) is 4.43. The predicted octanol–water partition coefficient (Wildman–Crippen LogP) is 4.13. The van der Waals surface area contributed by atoms with Gasteiger partial charge >= 0.3 is 0 Å². The van der Waals surface area contributed by atoms with Crippen LogP contribution in [0.5, 0.6) is 0 Å². The van der Waals surface area contributed by atoms with E-state index in [1.165, 1.54) is 23.1 Å². The number of amides is 2. The molecular formula is C26H32F3N3O4S. The van der Waals surface area contributed by atoms with Crippen molar-refractivity contribution in [2.45, 2.75) is 64.1 Å². The van der Waals surface area contributed by atoms with Crippen molar-refractivity contribution in [1.82, 2.24) is 10.2 Å². The zero-order valence-electron chi connectivity index (χ0n) is 20.9. The molecule has 37 heavy (non-hydrogen) atoms. The quantitative estimate of drug-likeness (QED) is 0.465. The van der Waals surface area contributed by atoms with Crippen molar-refractivity contribution in [3.8, 4) is 0 Å². The summed E-state index contributed by atoms with van der Waals surface area (Å²) in [4.78, 5) is 27.5. The summed E-state index contributed by atoms with van der Waals surface area (Å²) in [6, 6.07) is 7.87. The van der Waals surface area contributed by atoms with E-state index < -0.39 is 39.4 Å². The molecule has 11 heteroatoms. The molecule has 0 heterocycles. The lowest BCUT2D eigenvalue weighted by Crippen LogP contribution is -2.49. The largest absolute Gasteiger partial charge is 0.352 e. The molecule has 0 spiro atoms. The van der Waals surface area contributed by atoms with Crippen molar-refractivity contribution >= 4 is 27.5 Å². The van der Waals surface area contributed by atoms with Gasteiger partial charge in [0, 0.05) is 37.2 Å². The second-order valence-corrected chi connectivity index (χ2v) is 11.2. The highest BCUT2D eigenvalue weighted by Crippen LogP contribution is 2.22. The lowest BCUT2D eigenvalue weighted by molar-refractivity contribution is -0.141. The fourth-order valence-corrected chi connectivity index (χ4v) is 5.39. The number of hydrogen-bond acceptors (Lipinski definition) is 4. The Morgan fingerprint density at radius 3 is 2.32 bits per heavy atom. The van der Waals surface area contributed by atoms with Gasteiger partial charge in [0.05, 0.1) is 11.9 Å². The molecule has 1 fully saturated rings. The Morgan fingerprint density at radius 2 is 1.70 bits per heavy atom. The minimum atomic E-state index is -3.86. The first kappa shape index (κ1) is 28.5. The normalized spacial score (nSPS) is 14.8. The lowest BCUT2D eigenvalue weighted by atomic mass is 10.1. The summed E-state index contributed by atoms with van der Waals surface area (Å²) in [7, 11) is -3.86. The van der Waals surface area contributed by atoms with Gasteiger partial charge in [-0.05, 0) is 44.4 Å². The van der Waals surface area contributed by atoms with Crippen molar-refractivity contribution in [1.29, 1.82) is 0 Å². The van der Waals surface area contributed by atoms with Gasteiger partial charge in [0.25, 0.3) is 0 Å². The van der Waals surface area contributed by atoms with Gasteiger partial charge in [-0.25, -0.2) is 21.6 Å². The highest BCUT2D eigenvalue weighted by Gasteiger charge is 2.29. The van der Waals surface area contributed by atoms with E-state index in [0.717, 1.165) is 54.4 Å². The maximum Gasteiger partial charge on any atom is 0.242 e. The van der Waals surface area contributed by atoms with Crippen molar-refractivity contribution in [2.24, 2.45) is 0 Å². The number of anilines is 1.